The maximum atomic E-state index is 12.2. The first-order valence-corrected chi connectivity index (χ1v) is 11.0. The minimum Gasteiger partial charge on any atom is -0.431 e. The molecule has 0 spiro atoms. The predicted octanol–water partition coefficient (Wildman–Crippen LogP) is 5.36. The van der Waals surface area contributed by atoms with Gasteiger partial charge in [-0.1, -0.05) is 37.6 Å². The number of hydrogen-bond donors (Lipinski definition) is 1. The third-order valence-corrected chi connectivity index (χ3v) is 9.39. The van der Waals surface area contributed by atoms with Crippen LogP contribution in [0.5, 0.6) is 0 Å². The molecule has 5 rings (SSSR count). The molecular formula is C25H32O3. The third kappa shape index (κ3) is 2.29. The van der Waals surface area contributed by atoms with Crippen LogP contribution in [0.1, 0.15) is 76.7 Å². The van der Waals surface area contributed by atoms with E-state index in [1.807, 2.05) is 6.07 Å². The predicted molar refractivity (Wildman–Crippen MR) is 110 cm³/mol. The molecule has 6 atom stereocenters. The lowest BCUT2D eigenvalue weighted by atomic mass is 9.45. The van der Waals surface area contributed by atoms with Crippen LogP contribution in [0.25, 0.3) is 0 Å². The average Bonchev–Trinajstić information content (AvgIpc) is 2.95. The molecular weight excluding hydrogens is 348 g/mol. The summed E-state index contributed by atoms with van der Waals surface area (Å²) in [4.78, 5) is 11.4. The van der Waals surface area contributed by atoms with Crippen LogP contribution in [-0.4, -0.2) is 10.7 Å². The van der Waals surface area contributed by atoms with Gasteiger partial charge < -0.3 is 9.52 Å². The van der Waals surface area contributed by atoms with E-state index >= 15 is 0 Å². The van der Waals surface area contributed by atoms with Gasteiger partial charge in [-0.25, -0.2) is 4.79 Å². The van der Waals surface area contributed by atoms with Crippen molar-refractivity contribution in [1.29, 1.82) is 0 Å². The van der Waals surface area contributed by atoms with Crippen LogP contribution in [0.4, 0.5) is 0 Å². The molecule has 28 heavy (non-hydrogen) atoms. The molecule has 1 heterocycles. The van der Waals surface area contributed by atoms with E-state index in [2.05, 4.69) is 26.5 Å². The van der Waals surface area contributed by atoms with Crippen molar-refractivity contribution in [2.75, 3.05) is 0 Å². The Hall–Kier alpha value is -1.61. The van der Waals surface area contributed by atoms with Gasteiger partial charge in [0.05, 0.1) is 11.9 Å². The minimum absolute atomic E-state index is 0.149. The van der Waals surface area contributed by atoms with E-state index in [4.69, 9.17) is 4.42 Å². The van der Waals surface area contributed by atoms with Gasteiger partial charge in [0.1, 0.15) is 0 Å². The summed E-state index contributed by atoms with van der Waals surface area (Å²) in [5, 5.41) is 12.2. The molecule has 0 aliphatic heterocycles. The first kappa shape index (κ1) is 18.4. The van der Waals surface area contributed by atoms with Gasteiger partial charge >= 0.3 is 5.63 Å². The van der Waals surface area contributed by atoms with Crippen molar-refractivity contribution in [3.63, 3.8) is 0 Å². The van der Waals surface area contributed by atoms with Gasteiger partial charge in [0, 0.05) is 11.5 Å². The van der Waals surface area contributed by atoms with Gasteiger partial charge in [0.25, 0.3) is 0 Å². The van der Waals surface area contributed by atoms with Crippen LogP contribution in [0, 0.1) is 22.7 Å². The van der Waals surface area contributed by atoms with Crippen molar-refractivity contribution >= 4 is 0 Å². The van der Waals surface area contributed by atoms with Crippen LogP contribution in [0.2, 0.25) is 0 Å². The van der Waals surface area contributed by atoms with E-state index in [9.17, 15) is 9.90 Å². The zero-order valence-electron chi connectivity index (χ0n) is 17.2. The second-order valence-corrected chi connectivity index (χ2v) is 10.4. The molecule has 150 valence electrons. The maximum absolute atomic E-state index is 12.2. The van der Waals surface area contributed by atoms with Gasteiger partial charge in [-0.2, -0.15) is 0 Å². The number of rotatable bonds is 1. The molecule has 3 saturated carbocycles. The summed E-state index contributed by atoms with van der Waals surface area (Å²) in [5.74, 6) is 1.19. The first-order valence-electron chi connectivity index (χ1n) is 11.0. The maximum Gasteiger partial charge on any atom is 0.335 e. The topological polar surface area (TPSA) is 50.4 Å². The molecule has 0 radical (unpaired) electrons. The van der Waals surface area contributed by atoms with Crippen LogP contribution >= 0.6 is 0 Å². The van der Waals surface area contributed by atoms with E-state index in [-0.39, 0.29) is 22.4 Å². The largest absolute Gasteiger partial charge is 0.431 e. The highest BCUT2D eigenvalue weighted by molar-refractivity contribution is 5.35. The quantitative estimate of drug-likeness (QED) is 0.714. The average molecular weight is 381 g/mol. The van der Waals surface area contributed by atoms with E-state index in [1.165, 1.54) is 24.5 Å². The van der Waals surface area contributed by atoms with Gasteiger partial charge in [-0.15, -0.1) is 0 Å². The Morgan fingerprint density at radius 1 is 1.07 bits per heavy atom. The van der Waals surface area contributed by atoms with Gasteiger partial charge in [-0.05, 0) is 86.2 Å². The summed E-state index contributed by atoms with van der Waals surface area (Å²) in [6, 6.07) is 3.44. The Morgan fingerprint density at radius 2 is 1.89 bits per heavy atom. The molecule has 1 aromatic heterocycles. The van der Waals surface area contributed by atoms with Gasteiger partial charge in [0.2, 0.25) is 0 Å². The molecule has 3 nitrogen and oxygen atoms in total. The highest BCUT2D eigenvalue weighted by Crippen LogP contribution is 2.70. The third-order valence-electron chi connectivity index (χ3n) is 9.39. The standard InChI is InChI=1S/C25H32O3/c1-16-8-11-23(2)18(14-16)5-6-21-20(23)9-12-24(3)19(10-13-25(21,24)27)17-4-7-22(26)28-15-17/h4,7,14-15,19-21,27H,1,5-6,8-13H2,2-3H3/t19-,20?,21?,23+,24-,25+/m1/s1. The second-order valence-electron chi connectivity index (χ2n) is 10.4. The molecule has 0 amide bonds. The molecule has 4 aliphatic carbocycles. The Labute approximate surface area is 167 Å². The Morgan fingerprint density at radius 3 is 2.64 bits per heavy atom. The summed E-state index contributed by atoms with van der Waals surface area (Å²) in [5.41, 5.74) is 3.08. The van der Waals surface area contributed by atoms with Crippen molar-refractivity contribution in [3.8, 4) is 0 Å². The molecule has 2 unspecified atom stereocenters. The van der Waals surface area contributed by atoms with Crippen molar-refractivity contribution < 1.29 is 9.52 Å². The molecule has 3 heteroatoms. The lowest BCUT2D eigenvalue weighted by molar-refractivity contribution is -0.177. The van der Waals surface area contributed by atoms with Crippen LogP contribution in [-0.2, 0) is 0 Å². The molecule has 0 saturated heterocycles. The lowest BCUT2D eigenvalue weighted by Crippen LogP contribution is -2.60. The van der Waals surface area contributed by atoms with Crippen LogP contribution < -0.4 is 5.63 Å². The summed E-state index contributed by atoms with van der Waals surface area (Å²) < 4.78 is 5.18. The highest BCUT2D eigenvalue weighted by Gasteiger charge is 2.66. The summed E-state index contributed by atoms with van der Waals surface area (Å²) >= 11 is 0. The Balaban J connectivity index is 1.52. The zero-order chi connectivity index (χ0) is 19.7. The number of allylic oxidation sites excluding steroid dienone is 3. The monoisotopic (exact) mass is 380 g/mol. The fourth-order valence-electron chi connectivity index (χ4n) is 7.72. The van der Waals surface area contributed by atoms with Crippen molar-refractivity contribution in [2.45, 2.75) is 76.7 Å². The molecule has 0 bridgehead atoms. The summed E-state index contributed by atoms with van der Waals surface area (Å²) in [6.45, 7) is 8.96. The molecule has 0 aromatic carbocycles. The smallest absolute Gasteiger partial charge is 0.335 e. The SMILES string of the molecule is C=C1C=C2CCC3C(CC[C@]4(C)[C@@H](c5ccc(=O)oc5)CC[C@]34O)[C@@]2(C)CC1. The minimum atomic E-state index is -0.625. The van der Waals surface area contributed by atoms with Crippen LogP contribution in [0.3, 0.4) is 0 Å². The highest BCUT2D eigenvalue weighted by atomic mass is 16.4. The Kier molecular flexibility index (Phi) is 3.91. The molecule has 3 fully saturated rings. The molecule has 1 aromatic rings. The molecule has 4 aliphatic rings. The number of aliphatic hydroxyl groups is 1. The lowest BCUT2D eigenvalue weighted by Gasteiger charge is -2.61. The van der Waals surface area contributed by atoms with Crippen molar-refractivity contribution in [1.82, 2.24) is 0 Å². The number of fused-ring (bicyclic) bond motifs is 5. The zero-order valence-corrected chi connectivity index (χ0v) is 17.2. The summed E-state index contributed by atoms with van der Waals surface area (Å²) in [7, 11) is 0. The fraction of sp³-hybridized carbons (Fsp3) is 0.640. The van der Waals surface area contributed by atoms with Crippen molar-refractivity contribution in [3.05, 3.63) is 58.2 Å². The van der Waals surface area contributed by atoms with E-state index in [0.29, 0.717) is 11.8 Å². The van der Waals surface area contributed by atoms with Gasteiger partial charge in [0.15, 0.2) is 0 Å². The normalized spacial score (nSPS) is 45.0. The van der Waals surface area contributed by atoms with Crippen LogP contribution in [0.15, 0.2) is 51.4 Å². The number of hydrogen-bond acceptors (Lipinski definition) is 3. The summed E-state index contributed by atoms with van der Waals surface area (Å²) in [6.07, 6.45) is 12.5. The second kappa shape index (κ2) is 5.95. The fourth-order valence-corrected chi connectivity index (χ4v) is 7.72. The molecule has 1 N–H and O–H groups in total. The van der Waals surface area contributed by atoms with E-state index in [1.54, 1.807) is 11.8 Å². The van der Waals surface area contributed by atoms with E-state index in [0.717, 1.165) is 44.1 Å². The van der Waals surface area contributed by atoms with Crippen molar-refractivity contribution in [2.24, 2.45) is 22.7 Å². The van der Waals surface area contributed by atoms with E-state index < -0.39 is 5.60 Å². The van der Waals surface area contributed by atoms with Gasteiger partial charge in [-0.3, -0.25) is 0 Å². The first-order chi connectivity index (χ1) is 13.3. The Bertz CT molecular complexity index is 890.